The second kappa shape index (κ2) is 3.04. The van der Waals surface area contributed by atoms with Crippen LogP contribution in [0.3, 0.4) is 0 Å². The van der Waals surface area contributed by atoms with Crippen molar-refractivity contribution in [2.75, 3.05) is 0 Å². The predicted octanol–water partition coefficient (Wildman–Crippen LogP) is 3.97. The molecule has 62 valence electrons. The predicted molar refractivity (Wildman–Crippen MR) is 52.2 cm³/mol. The third kappa shape index (κ3) is 2.14. The van der Waals surface area contributed by atoms with E-state index in [0.29, 0.717) is 5.92 Å². The van der Waals surface area contributed by atoms with Gasteiger partial charge in [0.25, 0.3) is 6.69 Å². The van der Waals surface area contributed by atoms with Crippen molar-refractivity contribution in [1.29, 1.82) is 0 Å². The maximum absolute atomic E-state index is 6.12. The summed E-state index contributed by atoms with van der Waals surface area (Å²) in [5.74, 6) is 0.555. The van der Waals surface area contributed by atoms with Crippen LogP contribution in [0.15, 0.2) is 0 Å². The summed E-state index contributed by atoms with van der Waals surface area (Å²) in [4.78, 5) is 0. The van der Waals surface area contributed by atoms with Crippen LogP contribution in [0.25, 0.3) is 0 Å². The first-order chi connectivity index (χ1) is 4.19. The summed E-state index contributed by atoms with van der Waals surface area (Å²) in [6.45, 7) is 8.59. The monoisotopic (exact) mass is 198 g/mol. The molecule has 0 unspecified atom stereocenters. The number of hydrogen-bond donors (Lipinski definition) is 0. The Kier molecular flexibility index (Phi) is 3.28. The Hall–Kier alpha value is 0.797. The van der Waals surface area contributed by atoms with Crippen molar-refractivity contribution in [1.82, 2.24) is 0 Å². The van der Waals surface area contributed by atoms with Crippen LogP contribution in [0.1, 0.15) is 27.7 Å². The molecule has 0 saturated heterocycles. The van der Waals surface area contributed by atoms with Gasteiger partial charge in [0, 0.05) is 0 Å². The fraction of sp³-hybridized carbons (Fsp3) is 1.00. The van der Waals surface area contributed by atoms with Gasteiger partial charge in [0.2, 0.25) is 0 Å². The topological polar surface area (TPSA) is 0 Å². The molecule has 0 aromatic rings. The molecule has 0 rings (SSSR count). The standard InChI is InChI=1S/C7H16Cl2Si/c1-6(2)7(3,4)10(5,8)9/h6H,1-5H3. The highest BCUT2D eigenvalue weighted by Crippen LogP contribution is 2.48. The second-order valence-corrected chi connectivity index (χ2v) is 11.9. The molecule has 0 atom stereocenters. The Morgan fingerprint density at radius 2 is 1.50 bits per heavy atom. The maximum atomic E-state index is 6.12. The second-order valence-electron chi connectivity index (χ2n) is 3.76. The van der Waals surface area contributed by atoms with E-state index in [2.05, 4.69) is 27.7 Å². The average molecular weight is 199 g/mol. The molecule has 0 spiro atoms. The van der Waals surface area contributed by atoms with E-state index < -0.39 is 6.69 Å². The molecular weight excluding hydrogens is 183 g/mol. The third-order valence-electron chi connectivity index (χ3n) is 2.57. The zero-order valence-electron chi connectivity index (χ0n) is 7.33. The van der Waals surface area contributed by atoms with Gasteiger partial charge in [0.1, 0.15) is 0 Å². The van der Waals surface area contributed by atoms with Crippen LogP contribution in [0, 0.1) is 5.92 Å². The first-order valence-corrected chi connectivity index (χ1v) is 8.10. The molecule has 0 amide bonds. The van der Waals surface area contributed by atoms with Crippen LogP contribution in [-0.2, 0) is 0 Å². The SMILES string of the molecule is CC(C)C(C)(C)[Si](C)(Cl)Cl. The minimum absolute atomic E-state index is 0.107. The van der Waals surface area contributed by atoms with Gasteiger partial charge in [-0.05, 0) is 17.5 Å². The zero-order chi connectivity index (χ0) is 8.58. The minimum Gasteiger partial charge on any atom is -0.146 e. The van der Waals surface area contributed by atoms with Crippen LogP contribution in [0.2, 0.25) is 11.6 Å². The molecular formula is C7H16Cl2Si. The summed E-state index contributed by atoms with van der Waals surface area (Å²) in [6.07, 6.45) is 0. The molecule has 0 fully saturated rings. The van der Waals surface area contributed by atoms with Gasteiger partial charge in [0.05, 0.1) is 0 Å². The molecule has 0 nitrogen and oxygen atoms in total. The lowest BCUT2D eigenvalue weighted by Gasteiger charge is -2.36. The van der Waals surface area contributed by atoms with Gasteiger partial charge in [-0.2, -0.15) is 0 Å². The fourth-order valence-corrected chi connectivity index (χ4v) is 2.83. The van der Waals surface area contributed by atoms with Gasteiger partial charge in [-0.1, -0.05) is 27.7 Å². The third-order valence-corrected chi connectivity index (χ3v) is 8.34. The van der Waals surface area contributed by atoms with E-state index in [1.54, 1.807) is 0 Å². The molecule has 3 heteroatoms. The van der Waals surface area contributed by atoms with Crippen LogP contribution in [0.5, 0.6) is 0 Å². The maximum Gasteiger partial charge on any atom is 0.254 e. The summed E-state index contributed by atoms with van der Waals surface area (Å²) in [5.41, 5.74) is 0. The average Bonchev–Trinajstić information content (AvgIpc) is 1.62. The Balaban J connectivity index is 4.40. The van der Waals surface area contributed by atoms with Crippen molar-refractivity contribution in [2.24, 2.45) is 5.92 Å². The Bertz CT molecular complexity index is 113. The van der Waals surface area contributed by atoms with Crippen molar-refractivity contribution in [3.63, 3.8) is 0 Å². The van der Waals surface area contributed by atoms with Crippen molar-refractivity contribution in [3.05, 3.63) is 0 Å². The van der Waals surface area contributed by atoms with Crippen LogP contribution >= 0.6 is 22.2 Å². The number of halogens is 2. The molecule has 0 radical (unpaired) electrons. The van der Waals surface area contributed by atoms with E-state index in [1.165, 1.54) is 0 Å². The highest BCUT2D eigenvalue weighted by atomic mass is 35.7. The van der Waals surface area contributed by atoms with E-state index in [9.17, 15) is 0 Å². The molecule has 0 aliphatic carbocycles. The summed E-state index contributed by atoms with van der Waals surface area (Å²) in [7, 11) is 0. The number of hydrogen-bond acceptors (Lipinski definition) is 0. The highest BCUT2D eigenvalue weighted by molar-refractivity contribution is 7.46. The van der Waals surface area contributed by atoms with Gasteiger partial charge in [-0.25, -0.2) is 0 Å². The molecule has 0 aliphatic heterocycles. The fourth-order valence-electron chi connectivity index (χ4n) is 0.507. The Morgan fingerprint density at radius 1 is 1.20 bits per heavy atom. The van der Waals surface area contributed by atoms with Crippen molar-refractivity contribution in [3.8, 4) is 0 Å². The van der Waals surface area contributed by atoms with E-state index in [4.69, 9.17) is 22.2 Å². The Labute approximate surface area is 74.3 Å². The van der Waals surface area contributed by atoms with E-state index >= 15 is 0 Å². The highest BCUT2D eigenvalue weighted by Gasteiger charge is 2.42. The molecule has 0 aromatic heterocycles. The van der Waals surface area contributed by atoms with Gasteiger partial charge in [0.15, 0.2) is 0 Å². The molecule has 0 bridgehead atoms. The van der Waals surface area contributed by atoms with Crippen molar-refractivity contribution < 1.29 is 0 Å². The normalized spacial score (nSPS) is 14.4. The summed E-state index contributed by atoms with van der Waals surface area (Å²) < 4.78 is 0. The lowest BCUT2D eigenvalue weighted by atomic mass is 9.99. The van der Waals surface area contributed by atoms with Gasteiger partial charge < -0.3 is 0 Å². The first kappa shape index (κ1) is 10.8. The molecule has 10 heavy (non-hydrogen) atoms. The minimum atomic E-state index is -2.00. The summed E-state index contributed by atoms with van der Waals surface area (Å²) >= 11 is 12.2. The van der Waals surface area contributed by atoms with Crippen LogP contribution in [0.4, 0.5) is 0 Å². The van der Waals surface area contributed by atoms with Crippen molar-refractivity contribution >= 4 is 28.9 Å². The summed E-state index contributed by atoms with van der Waals surface area (Å²) in [6, 6.07) is 0. The zero-order valence-corrected chi connectivity index (χ0v) is 9.85. The molecule has 0 saturated carbocycles. The molecule has 0 heterocycles. The summed E-state index contributed by atoms with van der Waals surface area (Å²) in [5, 5.41) is 0.107. The van der Waals surface area contributed by atoms with Crippen LogP contribution in [-0.4, -0.2) is 6.69 Å². The lowest BCUT2D eigenvalue weighted by molar-refractivity contribution is 0.469. The van der Waals surface area contributed by atoms with E-state index in [0.717, 1.165) is 0 Å². The van der Waals surface area contributed by atoms with Crippen LogP contribution < -0.4 is 0 Å². The van der Waals surface area contributed by atoms with E-state index in [1.807, 2.05) is 6.55 Å². The quantitative estimate of drug-likeness (QED) is 0.466. The largest absolute Gasteiger partial charge is 0.254 e. The smallest absolute Gasteiger partial charge is 0.146 e. The van der Waals surface area contributed by atoms with Gasteiger partial charge >= 0.3 is 0 Å². The lowest BCUT2D eigenvalue weighted by Crippen LogP contribution is -2.34. The van der Waals surface area contributed by atoms with Gasteiger partial charge in [-0.15, -0.1) is 22.2 Å². The molecule has 0 aliphatic rings. The Morgan fingerprint density at radius 3 is 1.50 bits per heavy atom. The number of rotatable bonds is 2. The van der Waals surface area contributed by atoms with Crippen molar-refractivity contribution in [2.45, 2.75) is 39.3 Å². The molecule has 0 N–H and O–H groups in total. The first-order valence-electron chi connectivity index (χ1n) is 3.57. The molecule has 0 aromatic carbocycles. The van der Waals surface area contributed by atoms with E-state index in [-0.39, 0.29) is 5.04 Å². The van der Waals surface area contributed by atoms with Gasteiger partial charge in [-0.3, -0.25) is 0 Å².